The molecule has 9 heteroatoms. The van der Waals surface area contributed by atoms with E-state index in [-0.39, 0.29) is 17.3 Å². The maximum atomic E-state index is 13.9. The number of likely N-dealkylation sites (N-methyl/N-ethyl adjacent to an activating group) is 1. The third kappa shape index (κ3) is 7.17. The Labute approximate surface area is 231 Å². The van der Waals surface area contributed by atoms with Crippen molar-refractivity contribution >= 4 is 27.5 Å². The van der Waals surface area contributed by atoms with Crippen LogP contribution in [0.4, 0.5) is 5.69 Å². The second kappa shape index (κ2) is 12.8. The van der Waals surface area contributed by atoms with Gasteiger partial charge < -0.3 is 15.0 Å². The summed E-state index contributed by atoms with van der Waals surface area (Å²) in [5, 5.41) is 2.76. The summed E-state index contributed by atoms with van der Waals surface area (Å²) >= 11 is 0. The Hall–Kier alpha value is -3.85. The van der Waals surface area contributed by atoms with Crippen LogP contribution in [0, 0.1) is 20.8 Å². The molecule has 8 nitrogen and oxygen atoms in total. The van der Waals surface area contributed by atoms with Gasteiger partial charge in [-0.1, -0.05) is 35.9 Å². The Morgan fingerprint density at radius 3 is 2.26 bits per heavy atom. The fraction of sp³-hybridized carbons (Fsp3) is 0.333. The van der Waals surface area contributed by atoms with Crippen LogP contribution in [0.2, 0.25) is 0 Å². The molecule has 0 saturated carbocycles. The zero-order chi connectivity index (χ0) is 28.7. The number of benzene rings is 3. The van der Waals surface area contributed by atoms with Crippen molar-refractivity contribution in [2.45, 2.75) is 52.1 Å². The van der Waals surface area contributed by atoms with Crippen LogP contribution in [0.3, 0.4) is 0 Å². The van der Waals surface area contributed by atoms with Crippen molar-refractivity contribution < 1.29 is 22.7 Å². The minimum Gasteiger partial charge on any atom is -0.497 e. The molecular weight excluding hydrogens is 514 g/mol. The van der Waals surface area contributed by atoms with Gasteiger partial charge in [0.1, 0.15) is 18.3 Å². The van der Waals surface area contributed by atoms with Gasteiger partial charge in [0.15, 0.2) is 0 Å². The Morgan fingerprint density at radius 1 is 0.949 bits per heavy atom. The van der Waals surface area contributed by atoms with Gasteiger partial charge >= 0.3 is 0 Å². The minimum absolute atomic E-state index is 0.0789. The zero-order valence-corrected chi connectivity index (χ0v) is 24.2. The average Bonchev–Trinajstić information content (AvgIpc) is 2.92. The first-order valence-corrected chi connectivity index (χ1v) is 14.3. The largest absolute Gasteiger partial charge is 0.497 e. The number of aryl methyl sites for hydroxylation is 3. The van der Waals surface area contributed by atoms with E-state index in [1.54, 1.807) is 63.4 Å². The summed E-state index contributed by atoms with van der Waals surface area (Å²) in [6, 6.07) is 18.2. The smallest absolute Gasteiger partial charge is 0.264 e. The number of anilines is 1. The van der Waals surface area contributed by atoms with E-state index in [1.165, 1.54) is 17.0 Å². The lowest BCUT2D eigenvalue weighted by Crippen LogP contribution is -2.51. The molecule has 0 aromatic heterocycles. The molecule has 0 aliphatic heterocycles. The topological polar surface area (TPSA) is 96.0 Å². The molecule has 1 unspecified atom stereocenters. The Bertz CT molecular complexity index is 1420. The van der Waals surface area contributed by atoms with Gasteiger partial charge in [-0.2, -0.15) is 0 Å². The maximum Gasteiger partial charge on any atom is 0.264 e. The first-order chi connectivity index (χ1) is 18.5. The molecule has 3 rings (SSSR count). The number of amides is 2. The average molecular weight is 552 g/mol. The van der Waals surface area contributed by atoms with Crippen molar-refractivity contribution in [3.05, 3.63) is 89.0 Å². The lowest BCUT2D eigenvalue weighted by molar-refractivity contribution is -0.139. The summed E-state index contributed by atoms with van der Waals surface area (Å²) in [5.41, 5.74) is 3.94. The van der Waals surface area contributed by atoms with E-state index in [1.807, 2.05) is 32.9 Å². The van der Waals surface area contributed by atoms with Crippen LogP contribution < -0.4 is 14.4 Å². The second-order valence-electron chi connectivity index (χ2n) is 9.54. The molecule has 0 aliphatic carbocycles. The van der Waals surface area contributed by atoms with Crippen molar-refractivity contribution in [2.75, 3.05) is 24.5 Å². The summed E-state index contributed by atoms with van der Waals surface area (Å²) in [5.74, 6) is -0.220. The Morgan fingerprint density at radius 2 is 1.64 bits per heavy atom. The van der Waals surface area contributed by atoms with Crippen molar-refractivity contribution in [3.63, 3.8) is 0 Å². The molecule has 0 radical (unpaired) electrons. The van der Waals surface area contributed by atoms with Crippen LogP contribution in [-0.2, 0) is 26.2 Å². The first-order valence-electron chi connectivity index (χ1n) is 12.8. The van der Waals surface area contributed by atoms with Gasteiger partial charge in [0.05, 0.1) is 17.7 Å². The standard InChI is InChI=1S/C30H37N3O5S/c1-7-31-30(35)24(5)32(19-25-9-8-10-27(18-25)38-6)29(34)20-33(26-14-13-22(3)23(4)17-26)39(36,37)28-15-11-21(2)12-16-28/h8-18,24H,7,19-20H2,1-6H3,(H,31,35). The summed E-state index contributed by atoms with van der Waals surface area (Å²) < 4.78 is 34.3. The molecule has 0 aliphatic rings. The predicted molar refractivity (Wildman–Crippen MR) is 153 cm³/mol. The van der Waals surface area contributed by atoms with Crippen molar-refractivity contribution in [3.8, 4) is 5.75 Å². The van der Waals surface area contributed by atoms with E-state index in [9.17, 15) is 18.0 Å². The Balaban J connectivity index is 2.06. The molecule has 2 amide bonds. The highest BCUT2D eigenvalue weighted by Crippen LogP contribution is 2.27. The number of nitrogens with zero attached hydrogens (tertiary/aromatic N) is 2. The van der Waals surface area contributed by atoms with Gasteiger partial charge in [0, 0.05) is 13.1 Å². The van der Waals surface area contributed by atoms with Crippen LogP contribution in [0.1, 0.15) is 36.1 Å². The number of nitrogens with one attached hydrogen (secondary N) is 1. The third-order valence-corrected chi connectivity index (χ3v) is 8.46. The molecule has 0 saturated heterocycles. The van der Waals surface area contributed by atoms with E-state index in [0.717, 1.165) is 26.6 Å². The number of carbonyl (C=O) groups excluding carboxylic acids is 2. The molecular formula is C30H37N3O5S. The number of ether oxygens (including phenoxy) is 1. The monoisotopic (exact) mass is 551 g/mol. The van der Waals surface area contributed by atoms with E-state index < -0.39 is 28.5 Å². The van der Waals surface area contributed by atoms with Crippen LogP contribution in [-0.4, -0.2) is 51.4 Å². The minimum atomic E-state index is -4.10. The molecule has 1 atom stereocenters. The van der Waals surface area contributed by atoms with Crippen molar-refractivity contribution in [2.24, 2.45) is 0 Å². The van der Waals surface area contributed by atoms with E-state index >= 15 is 0 Å². The molecule has 0 bridgehead atoms. The number of hydrogen-bond donors (Lipinski definition) is 1. The number of sulfonamides is 1. The van der Waals surface area contributed by atoms with E-state index in [2.05, 4.69) is 5.32 Å². The summed E-state index contributed by atoms with van der Waals surface area (Å²) in [7, 11) is -2.55. The molecule has 3 aromatic carbocycles. The van der Waals surface area contributed by atoms with Crippen LogP contribution in [0.5, 0.6) is 5.75 Å². The Kier molecular flexibility index (Phi) is 9.75. The van der Waals surface area contributed by atoms with E-state index in [4.69, 9.17) is 4.74 Å². The summed E-state index contributed by atoms with van der Waals surface area (Å²) in [4.78, 5) is 28.2. The highest BCUT2D eigenvalue weighted by Gasteiger charge is 2.32. The molecule has 0 heterocycles. The number of methoxy groups -OCH3 is 1. The van der Waals surface area contributed by atoms with Gasteiger partial charge in [-0.05, 0) is 87.7 Å². The molecule has 0 fully saturated rings. The molecule has 39 heavy (non-hydrogen) atoms. The second-order valence-corrected chi connectivity index (χ2v) is 11.4. The lowest BCUT2D eigenvalue weighted by atomic mass is 10.1. The van der Waals surface area contributed by atoms with Crippen molar-refractivity contribution in [1.82, 2.24) is 10.2 Å². The summed E-state index contributed by atoms with van der Waals surface area (Å²) in [6.45, 7) is 9.16. The van der Waals surface area contributed by atoms with E-state index in [0.29, 0.717) is 18.0 Å². The van der Waals surface area contributed by atoms with Crippen LogP contribution in [0.15, 0.2) is 71.6 Å². The third-order valence-electron chi connectivity index (χ3n) is 6.67. The number of hydrogen-bond acceptors (Lipinski definition) is 5. The highest BCUT2D eigenvalue weighted by molar-refractivity contribution is 7.92. The predicted octanol–water partition coefficient (Wildman–Crippen LogP) is 4.37. The fourth-order valence-electron chi connectivity index (χ4n) is 4.12. The molecule has 208 valence electrons. The van der Waals surface area contributed by atoms with Gasteiger partial charge in [-0.3, -0.25) is 13.9 Å². The quantitative estimate of drug-likeness (QED) is 0.382. The molecule has 3 aromatic rings. The molecule has 0 spiro atoms. The van der Waals surface area contributed by atoms with Gasteiger partial charge in [-0.25, -0.2) is 8.42 Å². The van der Waals surface area contributed by atoms with Crippen molar-refractivity contribution in [1.29, 1.82) is 0 Å². The molecule has 1 N–H and O–H groups in total. The maximum absolute atomic E-state index is 13.9. The van der Waals surface area contributed by atoms with Gasteiger partial charge in [0.2, 0.25) is 11.8 Å². The summed E-state index contributed by atoms with van der Waals surface area (Å²) in [6.07, 6.45) is 0. The highest BCUT2D eigenvalue weighted by atomic mass is 32.2. The van der Waals surface area contributed by atoms with Gasteiger partial charge in [0.25, 0.3) is 10.0 Å². The van der Waals surface area contributed by atoms with Gasteiger partial charge in [-0.15, -0.1) is 0 Å². The van der Waals surface area contributed by atoms with Crippen LogP contribution >= 0.6 is 0 Å². The zero-order valence-electron chi connectivity index (χ0n) is 23.4. The number of rotatable bonds is 11. The van der Waals surface area contributed by atoms with Crippen LogP contribution in [0.25, 0.3) is 0 Å². The fourth-order valence-corrected chi connectivity index (χ4v) is 5.53. The first kappa shape index (κ1) is 29.7. The number of carbonyl (C=O) groups is 2. The lowest BCUT2D eigenvalue weighted by Gasteiger charge is -2.32. The SMILES string of the molecule is CCNC(=O)C(C)N(Cc1cccc(OC)c1)C(=O)CN(c1ccc(C)c(C)c1)S(=O)(=O)c1ccc(C)cc1. The normalized spacial score (nSPS) is 11.9.